The fourth-order valence-corrected chi connectivity index (χ4v) is 4.49. The number of hydrogen-bond acceptors (Lipinski definition) is 6. The van der Waals surface area contributed by atoms with E-state index in [4.69, 9.17) is 9.72 Å². The molecule has 1 unspecified atom stereocenters. The summed E-state index contributed by atoms with van der Waals surface area (Å²) in [6.07, 6.45) is -0.429. The Bertz CT molecular complexity index is 1100. The summed E-state index contributed by atoms with van der Waals surface area (Å²) in [7, 11) is 0. The van der Waals surface area contributed by atoms with E-state index in [1.54, 1.807) is 13.0 Å². The summed E-state index contributed by atoms with van der Waals surface area (Å²) in [4.78, 5) is 36.6. The number of nitrogens with one attached hydrogen (secondary N) is 2. The van der Waals surface area contributed by atoms with Crippen LogP contribution < -0.4 is 15.5 Å². The molecule has 2 atom stereocenters. The van der Waals surface area contributed by atoms with Crippen LogP contribution >= 0.6 is 0 Å². The normalized spacial score (nSPS) is 19.6. The van der Waals surface area contributed by atoms with Gasteiger partial charge < -0.3 is 25.4 Å². The maximum absolute atomic E-state index is 14.8. The quantitative estimate of drug-likeness (QED) is 0.608. The van der Waals surface area contributed by atoms with Crippen molar-refractivity contribution in [3.05, 3.63) is 35.3 Å². The van der Waals surface area contributed by atoms with Gasteiger partial charge in [0.15, 0.2) is 5.82 Å². The lowest BCUT2D eigenvalue weighted by Gasteiger charge is -2.36. The van der Waals surface area contributed by atoms with Crippen LogP contribution in [-0.4, -0.2) is 64.4 Å². The highest BCUT2D eigenvalue weighted by atomic mass is 19.1. The first-order valence-corrected chi connectivity index (χ1v) is 11.4. The molecule has 3 N–H and O–H groups in total. The zero-order valence-corrected chi connectivity index (χ0v) is 19.5. The molecule has 4 rings (SSSR count). The first-order chi connectivity index (χ1) is 16.3. The molecule has 10 nitrogen and oxygen atoms in total. The van der Waals surface area contributed by atoms with E-state index >= 15 is 0 Å². The van der Waals surface area contributed by atoms with Crippen molar-refractivity contribution in [1.82, 2.24) is 20.2 Å². The SMILES string of the molecule is CCNC(=O)Nc1ccc(-c2nc3c(c(N4CCOCC4C)n2)[C@H](CC)N(C(=O)O)C3)cc1F. The van der Waals surface area contributed by atoms with Gasteiger partial charge in [0.1, 0.15) is 11.6 Å². The lowest BCUT2D eigenvalue weighted by Crippen LogP contribution is -2.45. The lowest BCUT2D eigenvalue weighted by molar-refractivity contribution is 0.0981. The van der Waals surface area contributed by atoms with Crippen LogP contribution in [0.3, 0.4) is 0 Å². The minimum Gasteiger partial charge on any atom is -0.465 e. The molecule has 0 radical (unpaired) electrons. The molecule has 1 aromatic heterocycles. The number of carbonyl (C=O) groups excluding carboxylic acids is 1. The maximum Gasteiger partial charge on any atom is 0.408 e. The second kappa shape index (κ2) is 9.80. The first-order valence-electron chi connectivity index (χ1n) is 11.4. The first kappa shape index (κ1) is 23.7. The Morgan fingerprint density at radius 3 is 2.74 bits per heavy atom. The molecule has 11 heteroatoms. The van der Waals surface area contributed by atoms with Gasteiger partial charge in [-0.05, 0) is 38.5 Å². The second-order valence-electron chi connectivity index (χ2n) is 8.36. The Balaban J connectivity index is 1.77. The van der Waals surface area contributed by atoms with Crippen LogP contribution in [0.5, 0.6) is 0 Å². The molecular weight excluding hydrogens is 443 g/mol. The molecule has 182 valence electrons. The predicted molar refractivity (Wildman–Crippen MR) is 124 cm³/mol. The average molecular weight is 473 g/mol. The number of carboxylic acid groups (broad SMARTS) is 1. The van der Waals surface area contributed by atoms with E-state index in [9.17, 15) is 19.1 Å². The van der Waals surface area contributed by atoms with Crippen molar-refractivity contribution >= 4 is 23.6 Å². The van der Waals surface area contributed by atoms with Gasteiger partial charge in [0.05, 0.1) is 43.2 Å². The number of anilines is 2. The van der Waals surface area contributed by atoms with Gasteiger partial charge in [0, 0.05) is 24.2 Å². The van der Waals surface area contributed by atoms with Crippen molar-refractivity contribution in [2.45, 2.75) is 45.8 Å². The Hall–Kier alpha value is -3.47. The maximum atomic E-state index is 14.8. The number of morpholine rings is 1. The average Bonchev–Trinajstić information content (AvgIpc) is 3.19. The van der Waals surface area contributed by atoms with Crippen molar-refractivity contribution in [3.8, 4) is 11.4 Å². The molecule has 0 saturated carbocycles. The van der Waals surface area contributed by atoms with Crippen molar-refractivity contribution in [1.29, 1.82) is 0 Å². The van der Waals surface area contributed by atoms with Gasteiger partial charge in [-0.3, -0.25) is 4.90 Å². The van der Waals surface area contributed by atoms with Crippen LogP contribution in [0.25, 0.3) is 11.4 Å². The second-order valence-corrected chi connectivity index (χ2v) is 8.36. The van der Waals surface area contributed by atoms with Crippen molar-refractivity contribution in [3.63, 3.8) is 0 Å². The summed E-state index contributed by atoms with van der Waals surface area (Å²) >= 11 is 0. The number of aromatic nitrogens is 2. The van der Waals surface area contributed by atoms with Gasteiger partial charge in [-0.1, -0.05) is 6.92 Å². The van der Waals surface area contributed by atoms with Crippen LogP contribution in [0.2, 0.25) is 0 Å². The number of benzene rings is 1. The predicted octanol–water partition coefficient (Wildman–Crippen LogP) is 3.59. The Morgan fingerprint density at radius 2 is 2.09 bits per heavy atom. The summed E-state index contributed by atoms with van der Waals surface area (Å²) in [5, 5.41) is 14.8. The highest BCUT2D eigenvalue weighted by molar-refractivity contribution is 5.89. The van der Waals surface area contributed by atoms with Gasteiger partial charge in [-0.25, -0.2) is 23.9 Å². The van der Waals surface area contributed by atoms with E-state index in [1.807, 2.05) is 13.8 Å². The Morgan fingerprint density at radius 1 is 1.29 bits per heavy atom. The molecule has 34 heavy (non-hydrogen) atoms. The van der Waals surface area contributed by atoms with Crippen molar-refractivity contribution < 1.29 is 23.8 Å². The van der Waals surface area contributed by atoms with E-state index in [-0.39, 0.29) is 24.3 Å². The summed E-state index contributed by atoms with van der Waals surface area (Å²) in [5.74, 6) is 0.349. The molecule has 2 aliphatic rings. The third-order valence-electron chi connectivity index (χ3n) is 6.12. The number of rotatable bonds is 5. The number of ether oxygens (including phenoxy) is 1. The minimum absolute atomic E-state index is 0.0392. The molecule has 0 spiro atoms. The summed E-state index contributed by atoms with van der Waals surface area (Å²) in [6.45, 7) is 7.97. The molecule has 1 aromatic carbocycles. The number of hydrogen-bond donors (Lipinski definition) is 3. The smallest absolute Gasteiger partial charge is 0.408 e. The highest BCUT2D eigenvalue weighted by Gasteiger charge is 2.39. The van der Waals surface area contributed by atoms with E-state index in [1.165, 1.54) is 17.0 Å². The van der Waals surface area contributed by atoms with Gasteiger partial charge in [0.2, 0.25) is 0 Å². The molecule has 3 heterocycles. The third-order valence-corrected chi connectivity index (χ3v) is 6.12. The number of nitrogens with zero attached hydrogens (tertiary/aromatic N) is 4. The highest BCUT2D eigenvalue weighted by Crippen LogP contribution is 2.42. The fourth-order valence-electron chi connectivity index (χ4n) is 4.49. The molecule has 2 aliphatic heterocycles. The molecular formula is C23H29FN6O4. The summed E-state index contributed by atoms with van der Waals surface area (Å²) in [6, 6.07) is 3.57. The molecule has 1 saturated heterocycles. The monoisotopic (exact) mass is 472 g/mol. The number of amides is 3. The lowest BCUT2D eigenvalue weighted by atomic mass is 10.0. The standard InChI is InChI=1S/C23H29FN6O4/c1-4-18-19-17(11-30(18)23(32)33)26-20(28-21(19)29-8-9-34-12-13(29)3)14-6-7-16(15(24)10-14)27-22(31)25-5-2/h6-7,10,13,18H,4-5,8-9,11-12H2,1-3H3,(H,32,33)(H2,25,27,31)/t13?,18-/m0/s1. The van der Waals surface area contributed by atoms with Crippen LogP contribution in [0.4, 0.5) is 25.5 Å². The number of carbonyl (C=O) groups is 2. The Kier molecular flexibility index (Phi) is 6.82. The molecule has 0 aliphatic carbocycles. The number of fused-ring (bicyclic) bond motifs is 1. The van der Waals surface area contributed by atoms with E-state index < -0.39 is 17.9 Å². The molecule has 2 aromatic rings. The van der Waals surface area contributed by atoms with E-state index in [0.29, 0.717) is 55.6 Å². The summed E-state index contributed by atoms with van der Waals surface area (Å²) in [5.41, 5.74) is 1.90. The van der Waals surface area contributed by atoms with Crippen LogP contribution in [-0.2, 0) is 11.3 Å². The Labute approximate surface area is 197 Å². The third kappa shape index (κ3) is 4.47. The molecule has 3 amide bonds. The fraction of sp³-hybridized carbons (Fsp3) is 0.478. The summed E-state index contributed by atoms with van der Waals surface area (Å²) < 4.78 is 20.4. The minimum atomic E-state index is -1.01. The van der Waals surface area contributed by atoms with Gasteiger partial charge in [-0.2, -0.15) is 0 Å². The number of urea groups is 1. The van der Waals surface area contributed by atoms with Crippen molar-refractivity contribution in [2.24, 2.45) is 0 Å². The van der Waals surface area contributed by atoms with Gasteiger partial charge in [-0.15, -0.1) is 0 Å². The van der Waals surface area contributed by atoms with E-state index in [0.717, 1.165) is 5.56 Å². The zero-order chi connectivity index (χ0) is 24.4. The van der Waals surface area contributed by atoms with Crippen LogP contribution in [0.1, 0.15) is 44.5 Å². The number of halogens is 1. The van der Waals surface area contributed by atoms with Gasteiger partial charge >= 0.3 is 12.1 Å². The molecule has 0 bridgehead atoms. The van der Waals surface area contributed by atoms with Crippen molar-refractivity contribution in [2.75, 3.05) is 36.5 Å². The topological polar surface area (TPSA) is 120 Å². The van der Waals surface area contributed by atoms with Gasteiger partial charge in [0.25, 0.3) is 0 Å². The van der Waals surface area contributed by atoms with Crippen LogP contribution in [0, 0.1) is 5.82 Å². The van der Waals surface area contributed by atoms with E-state index in [2.05, 4.69) is 20.5 Å². The largest absolute Gasteiger partial charge is 0.465 e. The zero-order valence-electron chi connectivity index (χ0n) is 19.5. The molecule has 1 fully saturated rings. The van der Waals surface area contributed by atoms with Crippen LogP contribution in [0.15, 0.2) is 18.2 Å².